The minimum absolute atomic E-state index is 0.0700. The minimum Gasteiger partial charge on any atom is -0.493 e. The topological polar surface area (TPSA) is 47.9 Å². The molecular formula is C27H25F2NO3. The van der Waals surface area contributed by atoms with Gasteiger partial charge in [0.1, 0.15) is 17.4 Å². The van der Waals surface area contributed by atoms with Crippen molar-refractivity contribution in [3.8, 4) is 28.0 Å². The molecule has 0 bridgehead atoms. The van der Waals surface area contributed by atoms with Gasteiger partial charge in [-0.15, -0.1) is 0 Å². The van der Waals surface area contributed by atoms with Crippen LogP contribution in [0.3, 0.4) is 0 Å². The molecule has 0 fully saturated rings. The summed E-state index contributed by atoms with van der Waals surface area (Å²) < 4.78 is 34.4. The highest BCUT2D eigenvalue weighted by Gasteiger charge is 2.40. The molecule has 0 unspecified atom stereocenters. The molecular weight excluding hydrogens is 424 g/mol. The zero-order valence-electron chi connectivity index (χ0n) is 19.0. The quantitative estimate of drug-likeness (QED) is 0.437. The second kappa shape index (κ2) is 8.77. The molecule has 0 spiro atoms. The zero-order chi connectivity index (χ0) is 23.8. The monoisotopic (exact) mass is 449 g/mol. The summed E-state index contributed by atoms with van der Waals surface area (Å²) in [5.41, 5.74) is 1.74. The van der Waals surface area contributed by atoms with Gasteiger partial charge in [-0.05, 0) is 61.2 Å². The molecule has 0 aromatic heterocycles. The Bertz CT molecular complexity index is 1210. The second-order valence-corrected chi connectivity index (χ2v) is 8.96. The molecule has 3 aromatic carbocycles. The predicted octanol–water partition coefficient (Wildman–Crippen LogP) is 6.42. The Balaban J connectivity index is 1.75. The zero-order valence-corrected chi connectivity index (χ0v) is 19.0. The van der Waals surface area contributed by atoms with Crippen molar-refractivity contribution in [2.24, 2.45) is 11.1 Å². The first-order chi connectivity index (χ1) is 15.7. The maximum atomic E-state index is 14.2. The van der Waals surface area contributed by atoms with Crippen LogP contribution in [0.15, 0.2) is 65.8 Å². The van der Waals surface area contributed by atoms with Crippen molar-refractivity contribution in [2.75, 3.05) is 6.61 Å². The van der Waals surface area contributed by atoms with Gasteiger partial charge in [-0.2, -0.15) is 0 Å². The molecule has 0 atom stereocenters. The fourth-order valence-corrected chi connectivity index (χ4v) is 3.59. The van der Waals surface area contributed by atoms with Gasteiger partial charge in [-0.1, -0.05) is 49.3 Å². The van der Waals surface area contributed by atoms with Crippen LogP contribution < -0.4 is 4.74 Å². The van der Waals surface area contributed by atoms with Crippen molar-refractivity contribution in [1.82, 2.24) is 0 Å². The lowest BCUT2D eigenvalue weighted by molar-refractivity contribution is -0.128. The number of nitrogens with zero attached hydrogens (tertiary/aromatic N) is 1. The number of rotatable bonds is 6. The summed E-state index contributed by atoms with van der Waals surface area (Å²) in [5, 5.41) is 3.99. The smallest absolute Gasteiger partial charge is 0.230 e. The van der Waals surface area contributed by atoms with Crippen molar-refractivity contribution < 1.29 is 23.1 Å². The van der Waals surface area contributed by atoms with Crippen molar-refractivity contribution in [3.63, 3.8) is 0 Å². The van der Waals surface area contributed by atoms with Crippen LogP contribution in [0.2, 0.25) is 0 Å². The van der Waals surface area contributed by atoms with Gasteiger partial charge in [0, 0.05) is 11.1 Å². The predicted molar refractivity (Wildman–Crippen MR) is 124 cm³/mol. The normalized spacial score (nSPS) is 14.9. The van der Waals surface area contributed by atoms with E-state index in [1.165, 1.54) is 18.2 Å². The summed E-state index contributed by atoms with van der Waals surface area (Å²) in [7, 11) is 0. The molecule has 0 saturated heterocycles. The van der Waals surface area contributed by atoms with Crippen LogP contribution in [-0.4, -0.2) is 23.7 Å². The van der Waals surface area contributed by atoms with E-state index in [-0.39, 0.29) is 17.1 Å². The average Bonchev–Trinajstić information content (AvgIpc) is 3.05. The lowest BCUT2D eigenvalue weighted by atomic mass is 9.93. The fraction of sp³-hybridized carbons (Fsp3) is 0.259. The first-order valence-electron chi connectivity index (χ1n) is 10.8. The Labute approximate surface area is 191 Å². The SMILES string of the molecule is CC(C)COc1ccc(C2=NOC(C)(C)C2=O)cc1-c1ccc(-c2c(F)cccc2F)cc1. The third kappa shape index (κ3) is 4.51. The molecule has 6 heteroatoms. The molecule has 33 heavy (non-hydrogen) atoms. The van der Waals surface area contributed by atoms with Crippen LogP contribution in [-0.2, 0) is 9.63 Å². The molecule has 0 saturated carbocycles. The Hall–Kier alpha value is -3.54. The van der Waals surface area contributed by atoms with Gasteiger partial charge < -0.3 is 9.57 Å². The van der Waals surface area contributed by atoms with E-state index in [2.05, 4.69) is 19.0 Å². The maximum absolute atomic E-state index is 14.2. The summed E-state index contributed by atoms with van der Waals surface area (Å²) in [4.78, 5) is 18.0. The molecule has 1 aliphatic heterocycles. The van der Waals surface area contributed by atoms with Crippen molar-refractivity contribution in [3.05, 3.63) is 77.9 Å². The van der Waals surface area contributed by atoms with Gasteiger partial charge in [0.2, 0.25) is 5.78 Å². The molecule has 1 aliphatic rings. The molecule has 4 rings (SSSR count). The summed E-state index contributed by atoms with van der Waals surface area (Å²) in [6.07, 6.45) is 0. The van der Waals surface area contributed by atoms with Crippen LogP contribution in [0.1, 0.15) is 33.3 Å². The first kappa shape index (κ1) is 22.6. The van der Waals surface area contributed by atoms with Crippen LogP contribution in [0.25, 0.3) is 22.3 Å². The molecule has 0 N–H and O–H groups in total. The number of halogens is 2. The number of carbonyl (C=O) groups excluding carboxylic acids is 1. The number of benzene rings is 3. The highest BCUT2D eigenvalue weighted by atomic mass is 19.1. The highest BCUT2D eigenvalue weighted by Crippen LogP contribution is 2.35. The molecule has 3 aromatic rings. The highest BCUT2D eigenvalue weighted by molar-refractivity contribution is 6.49. The lowest BCUT2D eigenvalue weighted by Gasteiger charge is -2.16. The van der Waals surface area contributed by atoms with Crippen molar-refractivity contribution in [1.29, 1.82) is 0 Å². The number of carbonyl (C=O) groups is 1. The Kier molecular flexibility index (Phi) is 6.02. The standard InChI is InChI=1S/C27H25F2NO3/c1-16(2)15-32-23-13-12-19(25-26(31)27(3,4)33-30-25)14-20(23)17-8-10-18(11-9-17)24-21(28)6-5-7-22(24)29/h5-14,16H,15H2,1-4H3. The molecule has 0 aliphatic carbocycles. The van der Waals surface area contributed by atoms with E-state index in [0.29, 0.717) is 29.4 Å². The lowest BCUT2D eigenvalue weighted by Crippen LogP contribution is -2.33. The van der Waals surface area contributed by atoms with Gasteiger partial charge in [0.05, 0.1) is 12.2 Å². The van der Waals surface area contributed by atoms with Crippen LogP contribution in [0.5, 0.6) is 5.75 Å². The second-order valence-electron chi connectivity index (χ2n) is 8.96. The van der Waals surface area contributed by atoms with Gasteiger partial charge in [-0.3, -0.25) is 4.79 Å². The molecule has 0 amide bonds. The van der Waals surface area contributed by atoms with E-state index in [4.69, 9.17) is 9.57 Å². The van der Waals surface area contributed by atoms with Crippen LogP contribution in [0, 0.1) is 17.6 Å². The molecule has 0 radical (unpaired) electrons. The fourth-order valence-electron chi connectivity index (χ4n) is 3.59. The van der Waals surface area contributed by atoms with E-state index in [9.17, 15) is 13.6 Å². The molecule has 4 nitrogen and oxygen atoms in total. The maximum Gasteiger partial charge on any atom is 0.230 e. The van der Waals surface area contributed by atoms with Crippen LogP contribution in [0.4, 0.5) is 8.78 Å². The largest absolute Gasteiger partial charge is 0.493 e. The summed E-state index contributed by atoms with van der Waals surface area (Å²) in [5.74, 6) is -0.478. The number of hydrogen-bond acceptors (Lipinski definition) is 4. The van der Waals surface area contributed by atoms with Gasteiger partial charge in [-0.25, -0.2) is 8.78 Å². The number of Topliss-reactive ketones (excluding diaryl/α,β-unsaturated/α-hetero) is 1. The van der Waals surface area contributed by atoms with E-state index in [1.807, 2.05) is 6.07 Å². The summed E-state index contributed by atoms with van der Waals surface area (Å²) >= 11 is 0. The first-order valence-corrected chi connectivity index (χ1v) is 10.8. The van der Waals surface area contributed by atoms with Gasteiger partial charge in [0.15, 0.2) is 11.3 Å². The third-order valence-electron chi connectivity index (χ3n) is 5.40. The van der Waals surface area contributed by atoms with Crippen LogP contribution >= 0.6 is 0 Å². The van der Waals surface area contributed by atoms with E-state index in [0.717, 1.165) is 11.1 Å². The average molecular weight is 449 g/mol. The van der Waals surface area contributed by atoms with E-state index < -0.39 is 17.2 Å². The third-order valence-corrected chi connectivity index (χ3v) is 5.40. The van der Waals surface area contributed by atoms with E-state index >= 15 is 0 Å². The van der Waals surface area contributed by atoms with E-state index in [1.54, 1.807) is 50.2 Å². The Morgan fingerprint density at radius 1 is 0.939 bits per heavy atom. The van der Waals surface area contributed by atoms with Gasteiger partial charge >= 0.3 is 0 Å². The summed E-state index contributed by atoms with van der Waals surface area (Å²) in [6.45, 7) is 7.97. The number of ketones is 1. The summed E-state index contributed by atoms with van der Waals surface area (Å²) in [6, 6.07) is 16.1. The molecule has 1 heterocycles. The van der Waals surface area contributed by atoms with Crippen molar-refractivity contribution >= 4 is 11.5 Å². The molecule has 170 valence electrons. The minimum atomic E-state index is -1.01. The van der Waals surface area contributed by atoms with Gasteiger partial charge in [0.25, 0.3) is 0 Å². The number of hydrogen-bond donors (Lipinski definition) is 0. The number of oxime groups is 1. The Morgan fingerprint density at radius 2 is 1.55 bits per heavy atom. The van der Waals surface area contributed by atoms with Crippen molar-refractivity contribution in [2.45, 2.75) is 33.3 Å². The Morgan fingerprint density at radius 3 is 2.12 bits per heavy atom. The number of ether oxygens (including phenoxy) is 1.